The second kappa shape index (κ2) is 9.64. The van der Waals surface area contributed by atoms with E-state index in [1.165, 1.54) is 0 Å². The zero-order chi connectivity index (χ0) is 24.6. The van der Waals surface area contributed by atoms with E-state index >= 15 is 0 Å². The van der Waals surface area contributed by atoms with E-state index in [0.29, 0.717) is 35.8 Å². The van der Waals surface area contributed by atoms with Crippen LogP contribution in [0.15, 0.2) is 71.6 Å². The maximum Gasteiger partial charge on any atom is 0.243 e. The molecule has 0 unspecified atom stereocenters. The number of imidazole rings is 1. The van der Waals surface area contributed by atoms with Gasteiger partial charge in [0, 0.05) is 30.8 Å². The highest BCUT2D eigenvalue weighted by atomic mass is 35.5. The van der Waals surface area contributed by atoms with Gasteiger partial charge in [-0.2, -0.15) is 4.31 Å². The van der Waals surface area contributed by atoms with Crippen LogP contribution in [0.25, 0.3) is 22.4 Å². The molecule has 35 heavy (non-hydrogen) atoms. The molecular weight excluding hydrogens is 482 g/mol. The minimum atomic E-state index is -3.53. The molecule has 6 nitrogen and oxygen atoms in total. The number of hydrogen-bond acceptors (Lipinski definition) is 4. The second-order valence-corrected chi connectivity index (χ2v) is 11.1. The molecule has 8 heteroatoms. The number of benzene rings is 3. The average Bonchev–Trinajstić information content (AvgIpc) is 3.27. The molecule has 1 aromatic heterocycles. The smallest absolute Gasteiger partial charge is 0.243 e. The lowest BCUT2D eigenvalue weighted by Crippen LogP contribution is -2.39. The predicted molar refractivity (Wildman–Crippen MR) is 140 cm³/mol. The molecule has 4 aromatic rings. The molecule has 1 aliphatic heterocycles. The number of nitrogens with zero attached hydrogens (tertiary/aromatic N) is 3. The Hall–Kier alpha value is -2.87. The molecule has 0 N–H and O–H groups in total. The van der Waals surface area contributed by atoms with E-state index in [0.717, 1.165) is 40.2 Å². The number of piperidine rings is 1. The first kappa shape index (κ1) is 23.9. The first-order chi connectivity index (χ1) is 16.9. The number of fused-ring (bicyclic) bond motifs is 1. The maximum absolute atomic E-state index is 13.3. The molecule has 0 aliphatic carbocycles. The Morgan fingerprint density at radius 1 is 1.03 bits per heavy atom. The van der Waals surface area contributed by atoms with Gasteiger partial charge in [0.15, 0.2) is 0 Å². The van der Waals surface area contributed by atoms with Gasteiger partial charge in [-0.15, -0.1) is 0 Å². The van der Waals surface area contributed by atoms with Crippen molar-refractivity contribution in [2.45, 2.75) is 37.1 Å². The molecule has 5 rings (SSSR count). The summed E-state index contributed by atoms with van der Waals surface area (Å²) in [6.07, 6.45) is 2.24. The fourth-order valence-electron chi connectivity index (χ4n) is 4.79. The molecular formula is C27H28ClN3O3S. The van der Waals surface area contributed by atoms with Crippen molar-refractivity contribution >= 4 is 32.7 Å². The Bertz CT molecular complexity index is 1460. The van der Waals surface area contributed by atoms with E-state index in [9.17, 15) is 8.42 Å². The monoisotopic (exact) mass is 509 g/mol. The van der Waals surface area contributed by atoms with Gasteiger partial charge in [0.05, 0.1) is 28.1 Å². The topological polar surface area (TPSA) is 64.4 Å². The van der Waals surface area contributed by atoms with Gasteiger partial charge in [0.25, 0.3) is 0 Å². The summed E-state index contributed by atoms with van der Waals surface area (Å²) in [5.41, 5.74) is 3.79. The predicted octanol–water partition coefficient (Wildman–Crippen LogP) is 5.95. The van der Waals surface area contributed by atoms with Crippen LogP contribution in [0.3, 0.4) is 0 Å². The fourth-order valence-corrected chi connectivity index (χ4v) is 6.48. The zero-order valence-corrected chi connectivity index (χ0v) is 21.4. The minimum Gasteiger partial charge on any atom is -0.497 e. The summed E-state index contributed by atoms with van der Waals surface area (Å²) in [6.45, 7) is 2.95. The highest BCUT2D eigenvalue weighted by Gasteiger charge is 2.32. The lowest BCUT2D eigenvalue weighted by Gasteiger charge is -2.33. The third-order valence-electron chi connectivity index (χ3n) is 6.77. The van der Waals surface area contributed by atoms with Gasteiger partial charge in [-0.1, -0.05) is 42.8 Å². The number of ether oxygens (including phenoxy) is 1. The van der Waals surface area contributed by atoms with Crippen molar-refractivity contribution in [1.29, 1.82) is 0 Å². The van der Waals surface area contributed by atoms with Crippen molar-refractivity contribution in [3.05, 3.63) is 77.3 Å². The Labute approximate surface area is 211 Å². The van der Waals surface area contributed by atoms with Crippen LogP contribution >= 0.6 is 11.6 Å². The van der Waals surface area contributed by atoms with Gasteiger partial charge >= 0.3 is 0 Å². The van der Waals surface area contributed by atoms with Crippen LogP contribution in [-0.2, 0) is 16.4 Å². The molecule has 0 radical (unpaired) electrons. The third kappa shape index (κ3) is 4.44. The van der Waals surface area contributed by atoms with E-state index in [4.69, 9.17) is 21.3 Å². The van der Waals surface area contributed by atoms with E-state index in [1.54, 1.807) is 23.5 Å². The number of aryl methyl sites for hydroxylation is 1. The Morgan fingerprint density at radius 2 is 1.74 bits per heavy atom. The van der Waals surface area contributed by atoms with Crippen LogP contribution in [0.5, 0.6) is 5.75 Å². The van der Waals surface area contributed by atoms with Crippen LogP contribution in [-0.4, -0.2) is 42.5 Å². The molecule has 182 valence electrons. The highest BCUT2D eigenvalue weighted by Crippen LogP contribution is 2.37. The molecule has 0 saturated carbocycles. The molecule has 0 bridgehead atoms. The van der Waals surface area contributed by atoms with Crippen LogP contribution in [0, 0.1) is 0 Å². The van der Waals surface area contributed by atoms with Gasteiger partial charge in [0.2, 0.25) is 10.0 Å². The van der Waals surface area contributed by atoms with Gasteiger partial charge in [-0.25, -0.2) is 13.4 Å². The normalized spacial score (nSPS) is 15.5. The summed E-state index contributed by atoms with van der Waals surface area (Å²) in [5, 5.41) is 0.631. The van der Waals surface area contributed by atoms with Gasteiger partial charge in [-0.3, -0.25) is 0 Å². The largest absolute Gasteiger partial charge is 0.497 e. The maximum atomic E-state index is 13.3. The number of aromatic nitrogens is 2. The quantitative estimate of drug-likeness (QED) is 0.322. The summed E-state index contributed by atoms with van der Waals surface area (Å²) in [7, 11) is -1.89. The Kier molecular flexibility index (Phi) is 6.57. The van der Waals surface area contributed by atoms with Crippen molar-refractivity contribution in [3.8, 4) is 17.1 Å². The van der Waals surface area contributed by atoms with Crippen LogP contribution < -0.4 is 4.74 Å². The van der Waals surface area contributed by atoms with Crippen molar-refractivity contribution < 1.29 is 13.2 Å². The number of sulfonamides is 1. The number of rotatable bonds is 6. The molecule has 1 fully saturated rings. The standard InChI is InChI=1S/C27H28ClN3O3S/c1-3-19-8-11-22(12-9-19)35(32,33)30-16-14-20(15-17-30)31-26-13-10-21(34-2)18-25(26)29-27(31)23-6-4-5-7-24(23)28/h4-13,18,20H,3,14-17H2,1-2H3. The zero-order valence-electron chi connectivity index (χ0n) is 19.8. The van der Waals surface area contributed by atoms with Crippen LogP contribution in [0.2, 0.25) is 5.02 Å². The first-order valence-corrected chi connectivity index (χ1v) is 13.6. The van der Waals surface area contributed by atoms with Crippen LogP contribution in [0.4, 0.5) is 0 Å². The minimum absolute atomic E-state index is 0.0913. The molecule has 0 spiro atoms. The number of methoxy groups -OCH3 is 1. The Morgan fingerprint density at radius 3 is 2.40 bits per heavy atom. The van der Waals surface area contributed by atoms with E-state index in [2.05, 4.69) is 11.5 Å². The lowest BCUT2D eigenvalue weighted by atomic mass is 10.1. The molecule has 0 atom stereocenters. The van der Waals surface area contributed by atoms with Crippen molar-refractivity contribution in [2.24, 2.45) is 0 Å². The van der Waals surface area contributed by atoms with Crippen molar-refractivity contribution in [1.82, 2.24) is 13.9 Å². The summed E-state index contributed by atoms with van der Waals surface area (Å²) in [5.74, 6) is 1.53. The van der Waals surface area contributed by atoms with Crippen molar-refractivity contribution in [2.75, 3.05) is 20.2 Å². The SMILES string of the molecule is CCc1ccc(S(=O)(=O)N2CCC(n3c(-c4ccccc4Cl)nc4cc(OC)ccc43)CC2)cc1. The molecule has 1 aliphatic rings. The van der Waals surface area contributed by atoms with Gasteiger partial charge in [-0.05, 0) is 61.2 Å². The van der Waals surface area contributed by atoms with E-state index in [1.807, 2.05) is 54.6 Å². The molecule has 0 amide bonds. The Balaban J connectivity index is 1.47. The first-order valence-electron chi connectivity index (χ1n) is 11.8. The number of hydrogen-bond donors (Lipinski definition) is 0. The fraction of sp³-hybridized carbons (Fsp3) is 0.296. The van der Waals surface area contributed by atoms with Gasteiger partial charge < -0.3 is 9.30 Å². The summed E-state index contributed by atoms with van der Waals surface area (Å²) < 4.78 is 35.8. The van der Waals surface area contributed by atoms with Gasteiger partial charge in [0.1, 0.15) is 11.6 Å². The average molecular weight is 510 g/mol. The lowest BCUT2D eigenvalue weighted by molar-refractivity contribution is 0.278. The number of halogens is 1. The second-order valence-electron chi connectivity index (χ2n) is 8.77. The summed E-state index contributed by atoms with van der Waals surface area (Å²) in [4.78, 5) is 5.28. The van der Waals surface area contributed by atoms with Crippen LogP contribution in [0.1, 0.15) is 31.4 Å². The molecule has 2 heterocycles. The molecule has 1 saturated heterocycles. The summed E-state index contributed by atoms with van der Waals surface area (Å²) in [6, 6.07) is 20.8. The highest BCUT2D eigenvalue weighted by molar-refractivity contribution is 7.89. The van der Waals surface area contributed by atoms with E-state index in [-0.39, 0.29) is 6.04 Å². The van der Waals surface area contributed by atoms with E-state index < -0.39 is 10.0 Å². The molecule has 3 aromatic carbocycles. The summed E-state index contributed by atoms with van der Waals surface area (Å²) >= 11 is 6.56. The van der Waals surface area contributed by atoms with Crippen molar-refractivity contribution in [3.63, 3.8) is 0 Å². The third-order valence-corrected chi connectivity index (χ3v) is 9.01.